The minimum absolute atomic E-state index is 0.0451. The van der Waals surface area contributed by atoms with Gasteiger partial charge in [0.25, 0.3) is 0 Å². The number of carbonyl (C=O) groups is 3. The van der Waals surface area contributed by atoms with Gasteiger partial charge in [0, 0.05) is 0 Å². The fourth-order valence-corrected chi connectivity index (χ4v) is 2.03. The van der Waals surface area contributed by atoms with Gasteiger partial charge in [-0.3, -0.25) is 9.59 Å². The largest absolute Gasteiger partial charge is 0.549 e. The highest BCUT2D eigenvalue weighted by Gasteiger charge is 2.33. The van der Waals surface area contributed by atoms with Gasteiger partial charge >= 0.3 is 11.9 Å². The molecule has 0 unspecified atom stereocenters. The number of para-hydroxylation sites is 4. The molecule has 26 heavy (non-hydrogen) atoms. The van der Waals surface area contributed by atoms with Crippen LogP contribution in [0.1, 0.15) is 0 Å². The Labute approximate surface area is 148 Å². The van der Waals surface area contributed by atoms with E-state index in [-0.39, 0.29) is 23.0 Å². The highest BCUT2D eigenvalue weighted by Crippen LogP contribution is 2.28. The Balaban J connectivity index is 2.20. The van der Waals surface area contributed by atoms with Gasteiger partial charge in [-0.15, -0.1) is 0 Å². The fraction of sp³-hybridized carbons (Fsp3) is 0.167. The molecule has 0 heterocycles. The molecule has 0 radical (unpaired) electrons. The van der Waals surface area contributed by atoms with Crippen molar-refractivity contribution >= 4 is 17.9 Å². The second-order valence-corrected chi connectivity index (χ2v) is 4.90. The first-order chi connectivity index (χ1) is 12.5. The van der Waals surface area contributed by atoms with E-state index in [1.165, 1.54) is 38.5 Å². The number of carboxylic acid groups (broad SMARTS) is 1. The SMILES string of the molecule is COc1ccccc1OC(=O)C(C(=O)[O-])C(=O)Oc1ccccc1OC. The lowest BCUT2D eigenvalue weighted by molar-refractivity contribution is -0.309. The third kappa shape index (κ3) is 4.29. The quantitative estimate of drug-likeness (QED) is 0.401. The van der Waals surface area contributed by atoms with Crippen molar-refractivity contribution < 1.29 is 38.4 Å². The van der Waals surface area contributed by atoms with Crippen LogP contribution in [0.4, 0.5) is 0 Å². The summed E-state index contributed by atoms with van der Waals surface area (Å²) in [5, 5.41) is 11.3. The number of benzene rings is 2. The lowest BCUT2D eigenvalue weighted by Gasteiger charge is -2.17. The summed E-state index contributed by atoms with van der Waals surface area (Å²) in [4.78, 5) is 35.7. The van der Waals surface area contributed by atoms with Crippen molar-refractivity contribution in [3.8, 4) is 23.0 Å². The van der Waals surface area contributed by atoms with E-state index in [0.29, 0.717) is 0 Å². The maximum atomic E-state index is 12.2. The van der Waals surface area contributed by atoms with Crippen LogP contribution < -0.4 is 24.1 Å². The Morgan fingerprint density at radius 2 is 1.08 bits per heavy atom. The van der Waals surface area contributed by atoms with Crippen molar-refractivity contribution in [2.45, 2.75) is 0 Å². The highest BCUT2D eigenvalue weighted by molar-refractivity contribution is 6.12. The van der Waals surface area contributed by atoms with Crippen molar-refractivity contribution in [3.05, 3.63) is 48.5 Å². The average molecular weight is 359 g/mol. The number of carboxylic acids is 1. The minimum atomic E-state index is -2.29. The van der Waals surface area contributed by atoms with E-state index in [2.05, 4.69) is 0 Å². The van der Waals surface area contributed by atoms with Gasteiger partial charge in [-0.05, 0) is 24.3 Å². The molecule has 8 heteroatoms. The summed E-state index contributed by atoms with van der Waals surface area (Å²) in [6.07, 6.45) is 0. The van der Waals surface area contributed by atoms with E-state index in [1.54, 1.807) is 24.3 Å². The highest BCUT2D eigenvalue weighted by atomic mass is 16.6. The van der Waals surface area contributed by atoms with Crippen LogP contribution in [-0.4, -0.2) is 32.1 Å². The molecule has 0 aliphatic heterocycles. The van der Waals surface area contributed by atoms with Gasteiger partial charge < -0.3 is 28.8 Å². The van der Waals surface area contributed by atoms with E-state index in [9.17, 15) is 19.5 Å². The second-order valence-electron chi connectivity index (χ2n) is 4.90. The van der Waals surface area contributed by atoms with E-state index in [1.807, 2.05) is 0 Å². The van der Waals surface area contributed by atoms with Crippen molar-refractivity contribution in [1.29, 1.82) is 0 Å². The molecule has 0 atom stereocenters. The van der Waals surface area contributed by atoms with Crippen LogP contribution in [0.5, 0.6) is 23.0 Å². The number of methoxy groups -OCH3 is 2. The molecule has 0 N–H and O–H groups in total. The summed E-state index contributed by atoms with van der Waals surface area (Å²) < 4.78 is 19.9. The number of rotatable bonds is 7. The molecule has 0 bridgehead atoms. The molecule has 0 spiro atoms. The molecule has 2 aromatic carbocycles. The maximum Gasteiger partial charge on any atom is 0.331 e. The molecule has 0 aliphatic carbocycles. The van der Waals surface area contributed by atoms with Gasteiger partial charge in [0.2, 0.25) is 0 Å². The molecular formula is C18H15O8-. The smallest absolute Gasteiger partial charge is 0.331 e. The maximum absolute atomic E-state index is 12.2. The normalized spacial score (nSPS) is 10.1. The van der Waals surface area contributed by atoms with Crippen LogP contribution in [-0.2, 0) is 14.4 Å². The van der Waals surface area contributed by atoms with Gasteiger partial charge in [-0.25, -0.2) is 0 Å². The van der Waals surface area contributed by atoms with E-state index in [4.69, 9.17) is 18.9 Å². The molecule has 0 fully saturated rings. The molecule has 8 nitrogen and oxygen atoms in total. The topological polar surface area (TPSA) is 111 Å². The standard InChI is InChI=1S/C18H16O8/c1-23-11-7-3-5-9-13(11)25-17(21)15(16(19)20)18(22)26-14-10-6-4-8-12(14)24-2/h3-10,15H,1-2H3,(H,19,20)/p-1. The van der Waals surface area contributed by atoms with Crippen molar-refractivity contribution in [1.82, 2.24) is 0 Å². The summed E-state index contributed by atoms with van der Waals surface area (Å²) in [7, 11) is 2.69. The molecule has 2 aromatic rings. The third-order valence-electron chi connectivity index (χ3n) is 3.27. The lowest BCUT2D eigenvalue weighted by atomic mass is 10.1. The Kier molecular flexibility index (Phi) is 6.15. The number of hydrogen-bond donors (Lipinski definition) is 0. The van der Waals surface area contributed by atoms with Crippen LogP contribution in [0.3, 0.4) is 0 Å². The molecule has 0 amide bonds. The predicted octanol–water partition coefficient (Wildman–Crippen LogP) is 0.581. The first-order valence-corrected chi connectivity index (χ1v) is 7.38. The molecular weight excluding hydrogens is 344 g/mol. The number of hydrogen-bond acceptors (Lipinski definition) is 8. The number of carbonyl (C=O) groups excluding carboxylic acids is 3. The van der Waals surface area contributed by atoms with Crippen molar-refractivity contribution in [2.75, 3.05) is 14.2 Å². The molecule has 136 valence electrons. The first kappa shape index (κ1) is 18.8. The monoisotopic (exact) mass is 359 g/mol. The van der Waals surface area contributed by atoms with Gasteiger partial charge in [-0.2, -0.15) is 0 Å². The summed E-state index contributed by atoms with van der Waals surface area (Å²) >= 11 is 0. The van der Waals surface area contributed by atoms with Crippen LogP contribution in [0.25, 0.3) is 0 Å². The first-order valence-electron chi connectivity index (χ1n) is 7.38. The molecule has 0 saturated heterocycles. The Bertz CT molecular complexity index is 753. The summed E-state index contributed by atoms with van der Waals surface area (Å²) in [5.74, 6) is -6.68. The molecule has 0 saturated carbocycles. The Morgan fingerprint density at radius 1 is 0.731 bits per heavy atom. The van der Waals surface area contributed by atoms with Crippen LogP contribution in [0.15, 0.2) is 48.5 Å². The number of ether oxygens (including phenoxy) is 4. The van der Waals surface area contributed by atoms with Gasteiger partial charge in [0.15, 0.2) is 28.9 Å². The van der Waals surface area contributed by atoms with Crippen LogP contribution in [0, 0.1) is 5.92 Å². The average Bonchev–Trinajstić information content (AvgIpc) is 2.62. The third-order valence-corrected chi connectivity index (χ3v) is 3.27. The predicted molar refractivity (Wildman–Crippen MR) is 85.8 cm³/mol. The van der Waals surface area contributed by atoms with E-state index in [0.717, 1.165) is 0 Å². The lowest BCUT2D eigenvalue weighted by Crippen LogP contribution is -2.45. The van der Waals surface area contributed by atoms with Gasteiger partial charge in [0.05, 0.1) is 20.2 Å². The van der Waals surface area contributed by atoms with Crippen molar-refractivity contribution in [2.24, 2.45) is 5.92 Å². The van der Waals surface area contributed by atoms with Gasteiger partial charge in [-0.1, -0.05) is 24.3 Å². The summed E-state index contributed by atoms with van der Waals surface area (Å²) in [5.41, 5.74) is 0. The fourth-order valence-electron chi connectivity index (χ4n) is 2.03. The van der Waals surface area contributed by atoms with E-state index < -0.39 is 23.8 Å². The summed E-state index contributed by atoms with van der Waals surface area (Å²) in [6.45, 7) is 0. The number of aliphatic carboxylic acids is 1. The van der Waals surface area contributed by atoms with Gasteiger partial charge in [0.1, 0.15) is 0 Å². The zero-order valence-electron chi connectivity index (χ0n) is 14.0. The Hall–Kier alpha value is -3.55. The van der Waals surface area contributed by atoms with Crippen molar-refractivity contribution in [3.63, 3.8) is 0 Å². The Morgan fingerprint density at radius 3 is 1.38 bits per heavy atom. The molecule has 0 aromatic heterocycles. The van der Waals surface area contributed by atoms with Crippen LogP contribution in [0.2, 0.25) is 0 Å². The second kappa shape index (κ2) is 8.52. The van der Waals surface area contributed by atoms with E-state index >= 15 is 0 Å². The molecule has 2 rings (SSSR count). The summed E-state index contributed by atoms with van der Waals surface area (Å²) in [6, 6.07) is 12.1. The molecule has 0 aliphatic rings. The zero-order valence-corrected chi connectivity index (χ0v) is 14.0. The zero-order chi connectivity index (χ0) is 19.1. The van der Waals surface area contributed by atoms with Crippen LogP contribution >= 0.6 is 0 Å². The number of esters is 2. The minimum Gasteiger partial charge on any atom is -0.549 e.